The van der Waals surface area contributed by atoms with Gasteiger partial charge in [0.25, 0.3) is 0 Å². The first-order valence-electron chi connectivity index (χ1n) is 6.33. The van der Waals surface area contributed by atoms with E-state index >= 15 is 0 Å². The highest BCUT2D eigenvalue weighted by Crippen LogP contribution is 2.28. The predicted octanol–water partition coefficient (Wildman–Crippen LogP) is 0.915. The number of piperidine rings is 1. The summed E-state index contributed by atoms with van der Waals surface area (Å²) in [5, 5.41) is 2.83. The van der Waals surface area contributed by atoms with E-state index in [0.29, 0.717) is 13.0 Å². The van der Waals surface area contributed by atoms with Crippen LogP contribution in [0.1, 0.15) is 38.5 Å². The van der Waals surface area contributed by atoms with Crippen molar-refractivity contribution in [2.24, 2.45) is 5.92 Å². The number of amides is 2. The fourth-order valence-corrected chi connectivity index (χ4v) is 2.08. The topological polar surface area (TPSA) is 49.4 Å². The SMILES string of the molecule is O=C(NCCC(=O)N1CCCCC1)C1CC1. The van der Waals surface area contributed by atoms with Gasteiger partial charge in [-0.15, -0.1) is 0 Å². The fraction of sp³-hybridized carbons (Fsp3) is 0.833. The first-order chi connectivity index (χ1) is 7.77. The van der Waals surface area contributed by atoms with Crippen molar-refractivity contribution in [3.63, 3.8) is 0 Å². The van der Waals surface area contributed by atoms with E-state index in [1.54, 1.807) is 0 Å². The molecule has 0 atom stereocenters. The maximum atomic E-state index is 11.7. The van der Waals surface area contributed by atoms with Crippen LogP contribution in [0, 0.1) is 5.92 Å². The molecule has 1 aliphatic carbocycles. The average molecular weight is 224 g/mol. The maximum absolute atomic E-state index is 11.7. The van der Waals surface area contributed by atoms with Gasteiger partial charge < -0.3 is 10.2 Å². The summed E-state index contributed by atoms with van der Waals surface area (Å²) in [5.41, 5.74) is 0. The Kier molecular flexibility index (Phi) is 3.80. The Morgan fingerprint density at radius 3 is 2.44 bits per heavy atom. The number of hydrogen-bond acceptors (Lipinski definition) is 2. The molecule has 2 amide bonds. The first-order valence-corrected chi connectivity index (χ1v) is 6.33. The van der Waals surface area contributed by atoms with Gasteiger partial charge in [0.05, 0.1) is 0 Å². The molecule has 16 heavy (non-hydrogen) atoms. The van der Waals surface area contributed by atoms with Crippen LogP contribution in [0.5, 0.6) is 0 Å². The Hall–Kier alpha value is -1.06. The van der Waals surface area contributed by atoms with E-state index in [-0.39, 0.29) is 17.7 Å². The molecule has 1 aliphatic heterocycles. The molecule has 0 unspecified atom stereocenters. The highest BCUT2D eigenvalue weighted by atomic mass is 16.2. The third kappa shape index (κ3) is 3.22. The lowest BCUT2D eigenvalue weighted by Gasteiger charge is -2.26. The van der Waals surface area contributed by atoms with Crippen molar-refractivity contribution in [2.75, 3.05) is 19.6 Å². The Morgan fingerprint density at radius 1 is 1.12 bits per heavy atom. The van der Waals surface area contributed by atoms with Crippen molar-refractivity contribution < 1.29 is 9.59 Å². The summed E-state index contributed by atoms with van der Waals surface area (Å²) in [6.07, 6.45) is 5.98. The highest BCUT2D eigenvalue weighted by molar-refractivity contribution is 5.82. The zero-order chi connectivity index (χ0) is 11.4. The second kappa shape index (κ2) is 5.32. The lowest BCUT2D eigenvalue weighted by Crippen LogP contribution is -2.38. The molecule has 2 rings (SSSR count). The Morgan fingerprint density at radius 2 is 1.81 bits per heavy atom. The van der Waals surface area contributed by atoms with Crippen molar-refractivity contribution >= 4 is 11.8 Å². The molecule has 4 nitrogen and oxygen atoms in total. The standard InChI is InChI=1S/C12H20N2O2/c15-11(14-8-2-1-3-9-14)6-7-13-12(16)10-4-5-10/h10H,1-9H2,(H,13,16). The molecule has 2 aliphatic rings. The molecule has 90 valence electrons. The van der Waals surface area contributed by atoms with Gasteiger partial charge in [0.1, 0.15) is 0 Å². The van der Waals surface area contributed by atoms with Gasteiger partial charge in [0.2, 0.25) is 11.8 Å². The molecule has 1 saturated carbocycles. The third-order valence-electron chi connectivity index (χ3n) is 3.30. The monoisotopic (exact) mass is 224 g/mol. The fourth-order valence-electron chi connectivity index (χ4n) is 2.08. The van der Waals surface area contributed by atoms with Crippen LogP contribution >= 0.6 is 0 Å². The molecule has 0 spiro atoms. The van der Waals surface area contributed by atoms with Crippen LogP contribution in [0.15, 0.2) is 0 Å². The van der Waals surface area contributed by atoms with E-state index in [1.807, 2.05) is 4.90 Å². The van der Waals surface area contributed by atoms with E-state index in [1.165, 1.54) is 6.42 Å². The Bertz CT molecular complexity index is 268. The average Bonchev–Trinajstić information content (AvgIpc) is 3.14. The number of carbonyl (C=O) groups is 2. The van der Waals surface area contributed by atoms with Crippen molar-refractivity contribution in [3.05, 3.63) is 0 Å². The maximum Gasteiger partial charge on any atom is 0.224 e. The zero-order valence-corrected chi connectivity index (χ0v) is 9.71. The van der Waals surface area contributed by atoms with Crippen LogP contribution in [-0.2, 0) is 9.59 Å². The number of hydrogen-bond donors (Lipinski definition) is 1. The van der Waals surface area contributed by atoms with E-state index in [9.17, 15) is 9.59 Å². The van der Waals surface area contributed by atoms with Crippen molar-refractivity contribution in [2.45, 2.75) is 38.5 Å². The predicted molar refractivity (Wildman–Crippen MR) is 60.8 cm³/mol. The smallest absolute Gasteiger partial charge is 0.224 e. The molecule has 2 fully saturated rings. The lowest BCUT2D eigenvalue weighted by atomic mass is 10.1. The van der Waals surface area contributed by atoms with Crippen LogP contribution < -0.4 is 5.32 Å². The van der Waals surface area contributed by atoms with Gasteiger partial charge in [-0.1, -0.05) is 0 Å². The molecule has 1 saturated heterocycles. The molecule has 0 bridgehead atoms. The molecule has 1 heterocycles. The number of rotatable bonds is 4. The normalized spacial score (nSPS) is 20.6. The summed E-state index contributed by atoms with van der Waals surface area (Å²) in [4.78, 5) is 25.0. The first kappa shape index (κ1) is 11.4. The van der Waals surface area contributed by atoms with Gasteiger partial charge in [0.15, 0.2) is 0 Å². The molecule has 0 aromatic carbocycles. The van der Waals surface area contributed by atoms with Gasteiger partial charge in [-0.3, -0.25) is 9.59 Å². The number of nitrogens with one attached hydrogen (secondary N) is 1. The minimum atomic E-state index is 0.131. The molecule has 4 heteroatoms. The lowest BCUT2D eigenvalue weighted by molar-refractivity contribution is -0.132. The minimum Gasteiger partial charge on any atom is -0.355 e. The zero-order valence-electron chi connectivity index (χ0n) is 9.71. The van der Waals surface area contributed by atoms with Gasteiger partial charge in [0, 0.05) is 32.0 Å². The molecule has 0 aromatic rings. The molecular weight excluding hydrogens is 204 g/mol. The number of nitrogens with zero attached hydrogens (tertiary/aromatic N) is 1. The molecule has 0 aromatic heterocycles. The molecule has 0 radical (unpaired) electrons. The van der Waals surface area contributed by atoms with E-state index in [4.69, 9.17) is 0 Å². The summed E-state index contributed by atoms with van der Waals surface area (Å²) >= 11 is 0. The summed E-state index contributed by atoms with van der Waals surface area (Å²) in [6.45, 7) is 2.30. The van der Waals surface area contributed by atoms with Crippen LogP contribution in [0.3, 0.4) is 0 Å². The van der Waals surface area contributed by atoms with Crippen LogP contribution in [0.4, 0.5) is 0 Å². The summed E-state index contributed by atoms with van der Waals surface area (Å²) in [6, 6.07) is 0. The van der Waals surface area contributed by atoms with Gasteiger partial charge >= 0.3 is 0 Å². The highest BCUT2D eigenvalue weighted by Gasteiger charge is 2.29. The van der Waals surface area contributed by atoms with Gasteiger partial charge in [-0.05, 0) is 32.1 Å². The van der Waals surface area contributed by atoms with Crippen molar-refractivity contribution in [3.8, 4) is 0 Å². The van der Waals surface area contributed by atoms with Crippen molar-refractivity contribution in [1.82, 2.24) is 10.2 Å². The Labute approximate surface area is 96.4 Å². The summed E-state index contributed by atoms with van der Waals surface area (Å²) in [5.74, 6) is 0.562. The van der Waals surface area contributed by atoms with Gasteiger partial charge in [-0.25, -0.2) is 0 Å². The van der Waals surface area contributed by atoms with Crippen LogP contribution in [0.2, 0.25) is 0 Å². The van der Waals surface area contributed by atoms with E-state index in [2.05, 4.69) is 5.32 Å². The van der Waals surface area contributed by atoms with Crippen molar-refractivity contribution in [1.29, 1.82) is 0 Å². The second-order valence-corrected chi connectivity index (χ2v) is 4.76. The quantitative estimate of drug-likeness (QED) is 0.772. The second-order valence-electron chi connectivity index (χ2n) is 4.76. The number of carbonyl (C=O) groups excluding carboxylic acids is 2. The number of likely N-dealkylation sites (tertiary alicyclic amines) is 1. The summed E-state index contributed by atoms with van der Waals surface area (Å²) < 4.78 is 0. The largest absolute Gasteiger partial charge is 0.355 e. The van der Waals surface area contributed by atoms with E-state index < -0.39 is 0 Å². The van der Waals surface area contributed by atoms with E-state index in [0.717, 1.165) is 38.8 Å². The van der Waals surface area contributed by atoms with Crippen LogP contribution in [-0.4, -0.2) is 36.3 Å². The minimum absolute atomic E-state index is 0.131. The molecule has 1 N–H and O–H groups in total. The van der Waals surface area contributed by atoms with Gasteiger partial charge in [-0.2, -0.15) is 0 Å². The Balaban J connectivity index is 1.60. The van der Waals surface area contributed by atoms with Crippen LogP contribution in [0.25, 0.3) is 0 Å². The molecular formula is C12H20N2O2. The third-order valence-corrected chi connectivity index (χ3v) is 3.30. The summed E-state index contributed by atoms with van der Waals surface area (Å²) in [7, 11) is 0.